The van der Waals surface area contributed by atoms with E-state index in [4.69, 9.17) is 0 Å². The van der Waals surface area contributed by atoms with Gasteiger partial charge in [-0.2, -0.15) is 0 Å². The lowest BCUT2D eigenvalue weighted by atomic mass is 10.0. The van der Waals surface area contributed by atoms with Gasteiger partial charge in [-0.05, 0) is 18.9 Å². The van der Waals surface area contributed by atoms with Gasteiger partial charge in [0, 0.05) is 24.8 Å². The van der Waals surface area contributed by atoms with E-state index in [2.05, 4.69) is 24.9 Å². The fourth-order valence-electron chi connectivity index (χ4n) is 1.85. The average Bonchev–Trinajstić information content (AvgIpc) is 2.35. The predicted octanol–water partition coefficient (Wildman–Crippen LogP) is 3.37. The molecule has 1 aromatic carbocycles. The summed E-state index contributed by atoms with van der Waals surface area (Å²) in [6.07, 6.45) is 2.80. The normalized spacial score (nSPS) is 12.5. The summed E-state index contributed by atoms with van der Waals surface area (Å²) in [6.45, 7) is 5.25. The van der Waals surface area contributed by atoms with Gasteiger partial charge in [0.1, 0.15) is 0 Å². The molecule has 1 aromatic rings. The summed E-state index contributed by atoms with van der Waals surface area (Å²) in [7, 11) is 2.09. The lowest BCUT2D eigenvalue weighted by Gasteiger charge is -2.24. The second-order valence-electron chi connectivity index (χ2n) is 4.26. The Morgan fingerprint density at radius 3 is 2.56 bits per heavy atom. The first-order valence-corrected chi connectivity index (χ1v) is 6.18. The summed E-state index contributed by atoms with van der Waals surface area (Å²) < 4.78 is 0. The molecule has 16 heavy (non-hydrogen) atoms. The third-order valence-corrected chi connectivity index (χ3v) is 2.94. The Morgan fingerprint density at radius 1 is 1.25 bits per heavy atom. The van der Waals surface area contributed by atoms with E-state index in [9.17, 15) is 5.11 Å². The van der Waals surface area contributed by atoms with Gasteiger partial charge in [0.05, 0.1) is 6.10 Å². The first-order valence-electron chi connectivity index (χ1n) is 6.18. The van der Waals surface area contributed by atoms with Crippen LogP contribution in [0.15, 0.2) is 24.3 Å². The molecule has 0 heterocycles. The summed E-state index contributed by atoms with van der Waals surface area (Å²) in [6, 6.07) is 8.13. The second kappa shape index (κ2) is 6.54. The number of hydrogen-bond acceptors (Lipinski definition) is 2. The van der Waals surface area contributed by atoms with Gasteiger partial charge in [-0.3, -0.25) is 0 Å². The van der Waals surface area contributed by atoms with E-state index in [1.807, 2.05) is 25.1 Å². The van der Waals surface area contributed by atoms with Crippen molar-refractivity contribution in [1.29, 1.82) is 0 Å². The number of rotatable bonds is 6. The lowest BCUT2D eigenvalue weighted by Crippen LogP contribution is -2.20. The summed E-state index contributed by atoms with van der Waals surface area (Å²) in [5, 5.41) is 9.96. The number of benzene rings is 1. The monoisotopic (exact) mass is 221 g/mol. The molecule has 0 fully saturated rings. The van der Waals surface area contributed by atoms with Gasteiger partial charge in [0.25, 0.3) is 0 Å². The highest BCUT2D eigenvalue weighted by molar-refractivity contribution is 5.54. The van der Waals surface area contributed by atoms with Crippen LogP contribution in [0, 0.1) is 0 Å². The number of nitrogens with zero attached hydrogens (tertiary/aromatic N) is 1. The first kappa shape index (κ1) is 13.0. The van der Waals surface area contributed by atoms with Crippen LogP contribution in [0.3, 0.4) is 0 Å². The van der Waals surface area contributed by atoms with Gasteiger partial charge in [-0.25, -0.2) is 0 Å². The van der Waals surface area contributed by atoms with Gasteiger partial charge in [-0.15, -0.1) is 0 Å². The van der Waals surface area contributed by atoms with Crippen molar-refractivity contribution < 1.29 is 5.11 Å². The fourth-order valence-corrected chi connectivity index (χ4v) is 1.85. The van der Waals surface area contributed by atoms with Crippen molar-refractivity contribution in [3.05, 3.63) is 29.8 Å². The van der Waals surface area contributed by atoms with Crippen LogP contribution in [0.2, 0.25) is 0 Å². The molecule has 0 saturated heterocycles. The molecular weight excluding hydrogens is 198 g/mol. The smallest absolute Gasteiger partial charge is 0.0807 e. The molecule has 2 heteroatoms. The maximum atomic E-state index is 9.96. The molecule has 90 valence electrons. The zero-order chi connectivity index (χ0) is 12.0. The van der Waals surface area contributed by atoms with Crippen molar-refractivity contribution >= 4 is 5.69 Å². The molecule has 0 aromatic heterocycles. The van der Waals surface area contributed by atoms with Crippen LogP contribution in [0.25, 0.3) is 0 Å². The maximum absolute atomic E-state index is 9.96. The molecule has 1 atom stereocenters. The van der Waals surface area contributed by atoms with E-state index >= 15 is 0 Å². The van der Waals surface area contributed by atoms with Crippen LogP contribution in [-0.2, 0) is 0 Å². The molecule has 0 spiro atoms. The van der Waals surface area contributed by atoms with Crippen molar-refractivity contribution in [3.63, 3.8) is 0 Å². The number of para-hydroxylation sites is 1. The van der Waals surface area contributed by atoms with E-state index in [0.717, 1.165) is 24.2 Å². The van der Waals surface area contributed by atoms with E-state index in [0.29, 0.717) is 0 Å². The van der Waals surface area contributed by atoms with E-state index < -0.39 is 0 Å². The molecule has 0 bridgehead atoms. The Hall–Kier alpha value is -1.02. The Balaban J connectivity index is 2.85. The van der Waals surface area contributed by atoms with E-state index in [1.54, 1.807) is 0 Å². The van der Waals surface area contributed by atoms with Gasteiger partial charge in [-0.1, -0.05) is 38.5 Å². The van der Waals surface area contributed by atoms with Gasteiger partial charge < -0.3 is 10.0 Å². The number of aliphatic hydroxyl groups is 1. The molecule has 1 N–H and O–H groups in total. The highest BCUT2D eigenvalue weighted by atomic mass is 16.3. The Bertz CT molecular complexity index is 311. The number of anilines is 1. The Kier molecular flexibility index (Phi) is 5.33. The minimum atomic E-state index is -0.347. The maximum Gasteiger partial charge on any atom is 0.0807 e. The molecule has 0 radical (unpaired) electrons. The highest BCUT2D eigenvalue weighted by Crippen LogP contribution is 2.27. The molecule has 0 amide bonds. The average molecular weight is 221 g/mol. The van der Waals surface area contributed by atoms with Crippen LogP contribution in [-0.4, -0.2) is 18.7 Å². The van der Waals surface area contributed by atoms with Crippen LogP contribution in [0.1, 0.15) is 44.8 Å². The third-order valence-electron chi connectivity index (χ3n) is 2.94. The number of hydrogen-bond donors (Lipinski definition) is 1. The Morgan fingerprint density at radius 2 is 1.94 bits per heavy atom. The summed E-state index contributed by atoms with van der Waals surface area (Å²) >= 11 is 0. The molecule has 0 aliphatic carbocycles. The molecule has 1 rings (SSSR count). The van der Waals surface area contributed by atoms with Crippen LogP contribution in [0.5, 0.6) is 0 Å². The summed E-state index contributed by atoms with van der Waals surface area (Å²) in [5.41, 5.74) is 2.20. The summed E-state index contributed by atoms with van der Waals surface area (Å²) in [4.78, 5) is 2.23. The molecule has 0 unspecified atom stereocenters. The second-order valence-corrected chi connectivity index (χ2v) is 4.26. The Labute approximate surface area is 98.9 Å². The third kappa shape index (κ3) is 3.24. The SMILES string of the molecule is CCCCN(C)c1ccccc1[C@@H](O)CC. The molecular formula is C14H23NO. The largest absolute Gasteiger partial charge is 0.388 e. The minimum Gasteiger partial charge on any atom is -0.388 e. The topological polar surface area (TPSA) is 23.5 Å². The van der Waals surface area contributed by atoms with Crippen molar-refractivity contribution in [1.82, 2.24) is 0 Å². The quantitative estimate of drug-likeness (QED) is 0.796. The van der Waals surface area contributed by atoms with E-state index in [-0.39, 0.29) is 6.10 Å². The zero-order valence-electron chi connectivity index (χ0n) is 10.6. The van der Waals surface area contributed by atoms with E-state index in [1.165, 1.54) is 12.8 Å². The molecule has 2 nitrogen and oxygen atoms in total. The molecule has 0 saturated carbocycles. The molecule has 0 aliphatic rings. The number of aliphatic hydroxyl groups excluding tert-OH is 1. The van der Waals surface area contributed by atoms with Crippen LogP contribution >= 0.6 is 0 Å². The van der Waals surface area contributed by atoms with Crippen molar-refractivity contribution in [2.24, 2.45) is 0 Å². The fraction of sp³-hybridized carbons (Fsp3) is 0.571. The summed E-state index contributed by atoms with van der Waals surface area (Å²) in [5.74, 6) is 0. The standard InChI is InChI=1S/C14H23NO/c1-4-6-11-15(3)13-10-8-7-9-12(13)14(16)5-2/h7-10,14,16H,4-6,11H2,1-3H3/t14-/m0/s1. The highest BCUT2D eigenvalue weighted by Gasteiger charge is 2.12. The van der Waals surface area contributed by atoms with Crippen molar-refractivity contribution in [3.8, 4) is 0 Å². The van der Waals surface area contributed by atoms with Gasteiger partial charge >= 0.3 is 0 Å². The first-order chi connectivity index (χ1) is 7.70. The van der Waals surface area contributed by atoms with Crippen LogP contribution < -0.4 is 4.90 Å². The van der Waals surface area contributed by atoms with Gasteiger partial charge in [0.2, 0.25) is 0 Å². The predicted molar refractivity (Wildman–Crippen MR) is 69.9 cm³/mol. The van der Waals surface area contributed by atoms with Crippen molar-refractivity contribution in [2.75, 3.05) is 18.5 Å². The zero-order valence-corrected chi connectivity index (χ0v) is 10.6. The van der Waals surface area contributed by atoms with Gasteiger partial charge in [0.15, 0.2) is 0 Å². The minimum absolute atomic E-state index is 0.347. The molecule has 0 aliphatic heterocycles. The van der Waals surface area contributed by atoms with Crippen molar-refractivity contribution in [2.45, 2.75) is 39.2 Å². The lowest BCUT2D eigenvalue weighted by molar-refractivity contribution is 0.174. The van der Waals surface area contributed by atoms with Crippen LogP contribution in [0.4, 0.5) is 5.69 Å². The number of unbranched alkanes of at least 4 members (excludes halogenated alkanes) is 1.